The van der Waals surface area contributed by atoms with Crippen molar-refractivity contribution in [1.82, 2.24) is 20.4 Å². The van der Waals surface area contributed by atoms with Crippen LogP contribution in [0.15, 0.2) is 24.3 Å². The second-order valence-electron chi connectivity index (χ2n) is 3.34. The van der Waals surface area contributed by atoms with Crippen LogP contribution in [0.1, 0.15) is 16.2 Å². The zero-order chi connectivity index (χ0) is 14.8. The SMILES string of the molecule is COc1ccc(C=O)nn1.COc1ccc(CO)nn1. The van der Waals surface area contributed by atoms with Gasteiger partial charge in [0.05, 0.1) is 26.5 Å². The Balaban J connectivity index is 0.000000200. The van der Waals surface area contributed by atoms with Crippen LogP contribution in [0.5, 0.6) is 11.8 Å². The van der Waals surface area contributed by atoms with E-state index in [9.17, 15) is 4.79 Å². The number of aldehydes is 1. The van der Waals surface area contributed by atoms with E-state index in [1.165, 1.54) is 14.2 Å². The number of aliphatic hydroxyl groups is 1. The van der Waals surface area contributed by atoms with Gasteiger partial charge in [-0.25, -0.2) is 0 Å². The van der Waals surface area contributed by atoms with Gasteiger partial charge in [-0.2, -0.15) is 0 Å². The quantitative estimate of drug-likeness (QED) is 0.794. The highest BCUT2D eigenvalue weighted by Gasteiger charge is 1.93. The molecule has 0 aromatic carbocycles. The molecule has 0 radical (unpaired) electrons. The maximum absolute atomic E-state index is 10.1. The molecule has 0 atom stereocenters. The summed E-state index contributed by atoms with van der Waals surface area (Å²) in [5.74, 6) is 0.864. The third-order valence-corrected chi connectivity index (χ3v) is 2.06. The van der Waals surface area contributed by atoms with E-state index in [1.54, 1.807) is 24.3 Å². The summed E-state index contributed by atoms with van der Waals surface area (Å²) in [5.41, 5.74) is 0.849. The minimum absolute atomic E-state index is 0.0863. The van der Waals surface area contributed by atoms with Gasteiger partial charge in [0.2, 0.25) is 11.8 Å². The van der Waals surface area contributed by atoms with E-state index < -0.39 is 0 Å². The van der Waals surface area contributed by atoms with Gasteiger partial charge < -0.3 is 14.6 Å². The van der Waals surface area contributed by atoms with Crippen LogP contribution in [0.3, 0.4) is 0 Å². The van der Waals surface area contributed by atoms with Crippen molar-refractivity contribution in [3.05, 3.63) is 35.7 Å². The van der Waals surface area contributed by atoms with Crippen molar-refractivity contribution in [3.8, 4) is 11.8 Å². The summed E-state index contributed by atoms with van der Waals surface area (Å²) in [6.07, 6.45) is 0.631. The number of carbonyl (C=O) groups excluding carboxylic acids is 1. The highest BCUT2D eigenvalue weighted by molar-refractivity contribution is 5.71. The number of hydrogen-bond acceptors (Lipinski definition) is 8. The molecule has 0 unspecified atom stereocenters. The Morgan fingerprint density at radius 3 is 1.95 bits per heavy atom. The van der Waals surface area contributed by atoms with E-state index >= 15 is 0 Å². The fraction of sp³-hybridized carbons (Fsp3) is 0.250. The summed E-state index contributed by atoms with van der Waals surface area (Å²) in [6, 6.07) is 6.43. The largest absolute Gasteiger partial charge is 0.480 e. The average Bonchev–Trinajstić information content (AvgIpc) is 2.55. The minimum atomic E-state index is -0.0863. The van der Waals surface area contributed by atoms with E-state index in [1.807, 2.05) is 0 Å². The van der Waals surface area contributed by atoms with E-state index in [0.29, 0.717) is 29.4 Å². The first kappa shape index (κ1) is 15.4. The molecule has 8 nitrogen and oxygen atoms in total. The Bertz CT molecular complexity index is 493. The first-order valence-electron chi connectivity index (χ1n) is 5.53. The van der Waals surface area contributed by atoms with Gasteiger partial charge in [-0.15, -0.1) is 20.4 Å². The summed E-state index contributed by atoms with van der Waals surface area (Å²) in [5, 5.41) is 22.9. The van der Waals surface area contributed by atoms with Gasteiger partial charge in [-0.05, 0) is 12.1 Å². The van der Waals surface area contributed by atoms with Gasteiger partial charge in [-0.3, -0.25) is 4.79 Å². The van der Waals surface area contributed by atoms with Crippen LogP contribution in [0.2, 0.25) is 0 Å². The maximum Gasteiger partial charge on any atom is 0.233 e. The highest BCUT2D eigenvalue weighted by atomic mass is 16.5. The van der Waals surface area contributed by atoms with Crippen LogP contribution in [0, 0.1) is 0 Å². The van der Waals surface area contributed by atoms with Gasteiger partial charge in [0.15, 0.2) is 6.29 Å². The van der Waals surface area contributed by atoms with Crippen molar-refractivity contribution < 1.29 is 19.4 Å². The fourth-order valence-corrected chi connectivity index (χ4v) is 1.04. The van der Waals surface area contributed by atoms with Crippen molar-refractivity contribution >= 4 is 6.29 Å². The summed E-state index contributed by atoms with van der Waals surface area (Å²) in [4.78, 5) is 10.1. The van der Waals surface area contributed by atoms with E-state index in [0.717, 1.165) is 0 Å². The molecule has 0 aliphatic rings. The first-order valence-corrected chi connectivity index (χ1v) is 5.53. The summed E-state index contributed by atoms with van der Waals surface area (Å²) < 4.78 is 9.48. The van der Waals surface area contributed by atoms with Crippen LogP contribution in [-0.2, 0) is 6.61 Å². The predicted octanol–water partition coefficient (Wildman–Crippen LogP) is 0.275. The summed E-state index contributed by atoms with van der Waals surface area (Å²) >= 11 is 0. The van der Waals surface area contributed by atoms with E-state index in [-0.39, 0.29) is 6.61 Å². The van der Waals surface area contributed by atoms with Crippen LogP contribution < -0.4 is 9.47 Å². The average molecular weight is 278 g/mol. The molecule has 0 saturated carbocycles. The standard InChI is InChI=1S/C6H8N2O2.C6H6N2O2/c2*1-10-6-3-2-5(4-9)7-8-6/h2-3,9H,4H2,1H3;2-4H,1H3. The van der Waals surface area contributed by atoms with Gasteiger partial charge >= 0.3 is 0 Å². The topological polar surface area (TPSA) is 107 Å². The molecule has 0 fully saturated rings. The molecular weight excluding hydrogens is 264 g/mol. The van der Waals surface area contributed by atoms with E-state index in [4.69, 9.17) is 14.6 Å². The Hall–Kier alpha value is -2.61. The van der Waals surface area contributed by atoms with Gasteiger partial charge in [-0.1, -0.05) is 0 Å². The lowest BCUT2D eigenvalue weighted by Crippen LogP contribution is -1.94. The lowest BCUT2D eigenvalue weighted by Gasteiger charge is -1.96. The second-order valence-corrected chi connectivity index (χ2v) is 3.34. The number of methoxy groups -OCH3 is 2. The van der Waals surface area contributed by atoms with Crippen molar-refractivity contribution in [2.75, 3.05) is 14.2 Å². The molecule has 0 spiro atoms. The molecule has 0 aliphatic heterocycles. The molecular formula is C12H14N4O4. The Morgan fingerprint density at radius 2 is 1.60 bits per heavy atom. The number of aromatic nitrogens is 4. The first-order chi connectivity index (χ1) is 9.73. The number of carbonyl (C=O) groups is 1. The fourth-order valence-electron chi connectivity index (χ4n) is 1.04. The normalized spacial score (nSPS) is 9.15. The Kier molecular flexibility index (Phi) is 6.55. The van der Waals surface area contributed by atoms with Crippen LogP contribution >= 0.6 is 0 Å². The molecule has 20 heavy (non-hydrogen) atoms. The summed E-state index contributed by atoms with van der Waals surface area (Å²) in [6.45, 7) is -0.0863. The monoisotopic (exact) mass is 278 g/mol. The molecule has 0 amide bonds. The molecule has 0 bridgehead atoms. The number of hydrogen-bond donors (Lipinski definition) is 1. The smallest absolute Gasteiger partial charge is 0.233 e. The van der Waals surface area contributed by atoms with Crippen LogP contribution in [0.4, 0.5) is 0 Å². The second kappa shape index (κ2) is 8.48. The molecule has 2 rings (SSSR count). The highest BCUT2D eigenvalue weighted by Crippen LogP contribution is 2.02. The zero-order valence-corrected chi connectivity index (χ0v) is 11.1. The number of aliphatic hydroxyl groups excluding tert-OH is 1. The van der Waals surface area contributed by atoms with E-state index in [2.05, 4.69) is 20.4 Å². The molecule has 106 valence electrons. The molecule has 2 heterocycles. The van der Waals surface area contributed by atoms with Gasteiger partial charge in [0, 0.05) is 12.1 Å². The molecule has 1 N–H and O–H groups in total. The Labute approximate surface area is 115 Å². The Morgan fingerprint density at radius 1 is 1.00 bits per heavy atom. The third kappa shape index (κ3) is 4.94. The number of ether oxygens (including phenoxy) is 2. The van der Waals surface area contributed by atoms with Crippen LogP contribution in [-0.4, -0.2) is 46.0 Å². The lowest BCUT2D eigenvalue weighted by atomic mass is 10.4. The lowest BCUT2D eigenvalue weighted by molar-refractivity contribution is 0.111. The molecule has 0 saturated heterocycles. The zero-order valence-electron chi connectivity index (χ0n) is 11.1. The van der Waals surface area contributed by atoms with Gasteiger partial charge in [0.1, 0.15) is 5.69 Å². The molecule has 8 heteroatoms. The number of nitrogens with zero attached hydrogens (tertiary/aromatic N) is 4. The summed E-state index contributed by atoms with van der Waals surface area (Å²) in [7, 11) is 3.01. The predicted molar refractivity (Wildman–Crippen MR) is 68.5 cm³/mol. The molecule has 2 aromatic rings. The third-order valence-electron chi connectivity index (χ3n) is 2.06. The molecule has 2 aromatic heterocycles. The molecule has 0 aliphatic carbocycles. The van der Waals surface area contributed by atoms with Gasteiger partial charge in [0.25, 0.3) is 0 Å². The van der Waals surface area contributed by atoms with Crippen molar-refractivity contribution in [2.24, 2.45) is 0 Å². The maximum atomic E-state index is 10.1. The number of rotatable bonds is 4. The minimum Gasteiger partial charge on any atom is -0.480 e. The van der Waals surface area contributed by atoms with Crippen molar-refractivity contribution in [2.45, 2.75) is 6.61 Å². The van der Waals surface area contributed by atoms with Crippen LogP contribution in [0.25, 0.3) is 0 Å². The van der Waals surface area contributed by atoms with Crippen molar-refractivity contribution in [1.29, 1.82) is 0 Å². The van der Waals surface area contributed by atoms with Crippen molar-refractivity contribution in [3.63, 3.8) is 0 Å².